The van der Waals surface area contributed by atoms with E-state index < -0.39 is 17.7 Å². The van der Waals surface area contributed by atoms with Crippen molar-refractivity contribution in [3.8, 4) is 0 Å². The molecule has 2 rings (SSSR count). The first kappa shape index (κ1) is 14.0. The van der Waals surface area contributed by atoms with Crippen molar-refractivity contribution < 1.29 is 8.78 Å². The van der Waals surface area contributed by atoms with Gasteiger partial charge in [-0.1, -0.05) is 24.6 Å². The van der Waals surface area contributed by atoms with Crippen LogP contribution in [-0.4, -0.2) is 16.3 Å². The summed E-state index contributed by atoms with van der Waals surface area (Å²) in [7, 11) is 1.68. The van der Waals surface area contributed by atoms with E-state index in [0.717, 1.165) is 0 Å². The Labute approximate surface area is 115 Å². The molecule has 1 atom stereocenters. The van der Waals surface area contributed by atoms with Crippen LogP contribution < -0.4 is 5.32 Å². The fourth-order valence-electron chi connectivity index (χ4n) is 2.07. The molecule has 1 aromatic heterocycles. The maximum atomic E-state index is 13.9. The number of benzene rings is 1. The van der Waals surface area contributed by atoms with E-state index in [4.69, 9.17) is 11.6 Å². The van der Waals surface area contributed by atoms with Crippen molar-refractivity contribution in [1.29, 1.82) is 0 Å². The number of nitrogens with one attached hydrogen (secondary N) is 1. The largest absolute Gasteiger partial charge is 0.305 e. The van der Waals surface area contributed by atoms with E-state index >= 15 is 0 Å². The van der Waals surface area contributed by atoms with Gasteiger partial charge < -0.3 is 5.32 Å². The molecule has 0 amide bonds. The van der Waals surface area contributed by atoms with Crippen molar-refractivity contribution in [2.24, 2.45) is 7.05 Å². The maximum Gasteiger partial charge on any atom is 0.131 e. The van der Waals surface area contributed by atoms with Crippen molar-refractivity contribution in [1.82, 2.24) is 15.1 Å². The number of hydrogen-bond acceptors (Lipinski definition) is 2. The molecule has 6 heteroatoms. The maximum absolute atomic E-state index is 13.9. The molecule has 0 aliphatic rings. The lowest BCUT2D eigenvalue weighted by Gasteiger charge is -2.20. The lowest BCUT2D eigenvalue weighted by Crippen LogP contribution is -2.26. The normalized spacial score (nSPS) is 12.7. The second-order valence-electron chi connectivity index (χ2n) is 4.13. The van der Waals surface area contributed by atoms with E-state index in [9.17, 15) is 8.78 Å². The highest BCUT2D eigenvalue weighted by Gasteiger charge is 2.25. The second-order valence-corrected chi connectivity index (χ2v) is 4.53. The predicted molar refractivity (Wildman–Crippen MR) is 70.1 cm³/mol. The van der Waals surface area contributed by atoms with Crippen molar-refractivity contribution in [2.75, 3.05) is 6.54 Å². The van der Waals surface area contributed by atoms with Gasteiger partial charge in [-0.05, 0) is 18.7 Å². The zero-order valence-electron chi connectivity index (χ0n) is 10.6. The van der Waals surface area contributed by atoms with Crippen LogP contribution in [0, 0.1) is 11.6 Å². The fourth-order valence-corrected chi connectivity index (χ4v) is 2.35. The molecule has 1 unspecified atom stereocenters. The molecule has 2 aromatic rings. The van der Waals surface area contributed by atoms with Gasteiger partial charge in [0.15, 0.2) is 0 Å². The summed E-state index contributed by atoms with van der Waals surface area (Å²) in [6, 6.07) is 3.12. The van der Waals surface area contributed by atoms with Crippen LogP contribution >= 0.6 is 11.6 Å². The first-order chi connectivity index (χ1) is 9.06. The lowest BCUT2D eigenvalue weighted by atomic mass is 10.0. The van der Waals surface area contributed by atoms with Crippen LogP contribution in [0.4, 0.5) is 8.78 Å². The van der Waals surface area contributed by atoms with E-state index in [2.05, 4.69) is 10.4 Å². The highest BCUT2D eigenvalue weighted by atomic mass is 35.5. The highest BCUT2D eigenvalue weighted by molar-refractivity contribution is 6.31. The Hall–Kier alpha value is -1.46. The Morgan fingerprint density at radius 1 is 1.37 bits per heavy atom. The van der Waals surface area contributed by atoms with Gasteiger partial charge in [0.1, 0.15) is 11.6 Å². The zero-order chi connectivity index (χ0) is 14.0. The molecular formula is C13H14ClF2N3. The minimum atomic E-state index is -0.675. The van der Waals surface area contributed by atoms with Crippen LogP contribution in [-0.2, 0) is 7.05 Å². The minimum absolute atomic E-state index is 0.0464. The summed E-state index contributed by atoms with van der Waals surface area (Å²) in [6.07, 6.45) is 1.46. The molecule has 0 saturated carbocycles. The molecule has 0 saturated heterocycles. The van der Waals surface area contributed by atoms with E-state index in [1.54, 1.807) is 7.05 Å². The Morgan fingerprint density at radius 3 is 2.47 bits per heavy atom. The molecule has 1 heterocycles. The summed E-state index contributed by atoms with van der Waals surface area (Å²) in [4.78, 5) is 0. The number of rotatable bonds is 4. The Morgan fingerprint density at radius 2 is 2.00 bits per heavy atom. The van der Waals surface area contributed by atoms with E-state index in [-0.39, 0.29) is 5.56 Å². The molecule has 0 fully saturated rings. The summed E-state index contributed by atoms with van der Waals surface area (Å²) in [5.41, 5.74) is 0.488. The smallest absolute Gasteiger partial charge is 0.131 e. The summed E-state index contributed by atoms with van der Waals surface area (Å²) in [6.45, 7) is 2.40. The first-order valence-electron chi connectivity index (χ1n) is 5.91. The molecule has 3 nitrogen and oxygen atoms in total. The van der Waals surface area contributed by atoms with Crippen LogP contribution in [0.1, 0.15) is 24.2 Å². The Bertz CT molecular complexity index is 544. The minimum Gasteiger partial charge on any atom is -0.305 e. The van der Waals surface area contributed by atoms with Gasteiger partial charge in [-0.2, -0.15) is 5.10 Å². The molecule has 19 heavy (non-hydrogen) atoms. The zero-order valence-corrected chi connectivity index (χ0v) is 11.4. The SMILES string of the molecule is CCNC(c1c(F)cccc1F)c1c(Cl)cnn1C. The van der Waals surface area contributed by atoms with E-state index in [0.29, 0.717) is 17.3 Å². The molecular weight excluding hydrogens is 272 g/mol. The summed E-state index contributed by atoms with van der Waals surface area (Å²) >= 11 is 6.06. The monoisotopic (exact) mass is 285 g/mol. The molecule has 1 aromatic carbocycles. The molecule has 0 bridgehead atoms. The molecule has 0 aliphatic carbocycles. The van der Waals surface area contributed by atoms with Crippen molar-refractivity contribution in [3.05, 3.63) is 52.3 Å². The fraction of sp³-hybridized carbons (Fsp3) is 0.308. The number of nitrogens with zero attached hydrogens (tertiary/aromatic N) is 2. The van der Waals surface area contributed by atoms with Gasteiger partial charge >= 0.3 is 0 Å². The third-order valence-electron chi connectivity index (χ3n) is 2.91. The van der Waals surface area contributed by atoms with Crippen molar-refractivity contribution in [2.45, 2.75) is 13.0 Å². The number of hydrogen-bond donors (Lipinski definition) is 1. The number of aryl methyl sites for hydroxylation is 1. The van der Waals surface area contributed by atoms with E-state index in [1.807, 2.05) is 6.92 Å². The molecule has 0 radical (unpaired) electrons. The van der Waals surface area contributed by atoms with Gasteiger partial charge in [0.25, 0.3) is 0 Å². The van der Waals surface area contributed by atoms with Crippen LogP contribution in [0.2, 0.25) is 5.02 Å². The van der Waals surface area contributed by atoms with Crippen LogP contribution in [0.5, 0.6) is 0 Å². The molecule has 102 valence electrons. The molecule has 0 spiro atoms. The van der Waals surface area contributed by atoms with Crippen molar-refractivity contribution in [3.63, 3.8) is 0 Å². The van der Waals surface area contributed by atoms with Gasteiger partial charge in [-0.3, -0.25) is 4.68 Å². The van der Waals surface area contributed by atoms with Gasteiger partial charge in [0.05, 0.1) is 23.0 Å². The van der Waals surface area contributed by atoms with Gasteiger partial charge in [0.2, 0.25) is 0 Å². The quantitative estimate of drug-likeness (QED) is 0.936. The highest BCUT2D eigenvalue weighted by Crippen LogP contribution is 2.30. The first-order valence-corrected chi connectivity index (χ1v) is 6.28. The summed E-state index contributed by atoms with van der Waals surface area (Å²) in [5.74, 6) is -1.22. The standard InChI is InChI=1S/C13H14ClF2N3/c1-3-17-12(13-8(14)7-18-19(13)2)11-9(15)5-4-6-10(11)16/h4-7,12,17H,3H2,1-2H3. The Balaban J connectivity index is 2.58. The predicted octanol–water partition coefficient (Wildman–Crippen LogP) is 3.05. The van der Waals surface area contributed by atoms with Crippen LogP contribution in [0.3, 0.4) is 0 Å². The molecule has 0 aliphatic heterocycles. The van der Waals surface area contributed by atoms with Crippen LogP contribution in [0.15, 0.2) is 24.4 Å². The van der Waals surface area contributed by atoms with Gasteiger partial charge in [-0.15, -0.1) is 0 Å². The molecule has 1 N–H and O–H groups in total. The van der Waals surface area contributed by atoms with E-state index in [1.165, 1.54) is 29.1 Å². The number of aromatic nitrogens is 2. The number of halogens is 3. The summed E-state index contributed by atoms with van der Waals surface area (Å²) in [5, 5.41) is 7.41. The topological polar surface area (TPSA) is 29.9 Å². The third kappa shape index (κ3) is 2.62. The average molecular weight is 286 g/mol. The lowest BCUT2D eigenvalue weighted by molar-refractivity contribution is 0.493. The van der Waals surface area contributed by atoms with Crippen molar-refractivity contribution >= 4 is 11.6 Å². The Kier molecular flexibility index (Phi) is 4.17. The van der Waals surface area contributed by atoms with Gasteiger partial charge in [-0.25, -0.2) is 8.78 Å². The average Bonchev–Trinajstić information content (AvgIpc) is 2.68. The van der Waals surface area contributed by atoms with Crippen LogP contribution in [0.25, 0.3) is 0 Å². The summed E-state index contributed by atoms with van der Waals surface area (Å²) < 4.78 is 29.4. The van der Waals surface area contributed by atoms with Gasteiger partial charge in [0, 0.05) is 12.6 Å². The third-order valence-corrected chi connectivity index (χ3v) is 3.20. The second kappa shape index (κ2) is 5.67.